The minimum atomic E-state index is -0.811. The van der Waals surface area contributed by atoms with E-state index in [-0.39, 0.29) is 0 Å². The van der Waals surface area contributed by atoms with E-state index in [0.717, 1.165) is 6.08 Å². The number of hydrogen-bond acceptors (Lipinski definition) is 3. The van der Waals surface area contributed by atoms with Crippen LogP contribution in [0.25, 0.3) is 6.08 Å². The highest BCUT2D eigenvalue weighted by Gasteiger charge is 2.12. The van der Waals surface area contributed by atoms with E-state index in [4.69, 9.17) is 25.8 Å². The number of rotatable bonds is 4. The summed E-state index contributed by atoms with van der Waals surface area (Å²) >= 11 is 5.16. The number of methoxy groups -OCH3 is 3. The fraction of sp³-hybridized carbons (Fsp3) is 0.273. The smallest absolute Gasteiger partial charge is 0.203 e. The van der Waals surface area contributed by atoms with Gasteiger partial charge < -0.3 is 14.2 Å². The van der Waals surface area contributed by atoms with Gasteiger partial charge in [-0.1, -0.05) is 11.6 Å². The van der Waals surface area contributed by atoms with Gasteiger partial charge in [0.1, 0.15) is 0 Å². The largest absolute Gasteiger partial charge is 0.493 e. The Balaban J connectivity index is 3.31. The lowest BCUT2D eigenvalue weighted by Crippen LogP contribution is -1.95. The first-order valence-electron chi connectivity index (χ1n) is 4.45. The van der Waals surface area contributed by atoms with Crippen LogP contribution < -0.4 is 14.2 Å². The van der Waals surface area contributed by atoms with Crippen molar-refractivity contribution in [3.63, 3.8) is 0 Å². The molecule has 1 rings (SSSR count). The average molecular weight is 247 g/mol. The van der Waals surface area contributed by atoms with Crippen molar-refractivity contribution in [2.75, 3.05) is 21.3 Å². The molecule has 0 radical (unpaired) electrons. The molecule has 0 heterocycles. The second-order valence-corrected chi connectivity index (χ2v) is 3.25. The molecule has 88 valence electrons. The Morgan fingerprint density at radius 2 is 1.62 bits per heavy atom. The topological polar surface area (TPSA) is 27.7 Å². The Bertz CT molecular complexity index is 375. The van der Waals surface area contributed by atoms with Gasteiger partial charge in [0.2, 0.25) is 5.75 Å². The first-order chi connectivity index (χ1) is 7.62. The Kier molecular flexibility index (Phi) is 4.43. The lowest BCUT2D eigenvalue weighted by Gasteiger charge is -2.12. The standard InChI is InChI=1S/C11H12ClFO3/c1-14-8-4-7(6-10(12)13)5-9(15-2)11(8)16-3/h4-6H,1-3H3. The van der Waals surface area contributed by atoms with Crippen LogP contribution >= 0.6 is 11.6 Å². The van der Waals surface area contributed by atoms with Crippen LogP contribution in [0, 0.1) is 0 Å². The number of ether oxygens (including phenoxy) is 3. The number of benzene rings is 1. The second kappa shape index (κ2) is 5.61. The van der Waals surface area contributed by atoms with Gasteiger partial charge in [-0.25, -0.2) is 0 Å². The van der Waals surface area contributed by atoms with E-state index >= 15 is 0 Å². The summed E-state index contributed by atoms with van der Waals surface area (Å²) in [6.07, 6.45) is 1.16. The summed E-state index contributed by atoms with van der Waals surface area (Å²) in [6.45, 7) is 0. The quantitative estimate of drug-likeness (QED) is 0.816. The van der Waals surface area contributed by atoms with Crippen molar-refractivity contribution < 1.29 is 18.6 Å². The van der Waals surface area contributed by atoms with Crippen LogP contribution in [0.4, 0.5) is 4.39 Å². The zero-order valence-electron chi connectivity index (χ0n) is 9.21. The molecule has 16 heavy (non-hydrogen) atoms. The van der Waals surface area contributed by atoms with Crippen molar-refractivity contribution in [2.24, 2.45) is 0 Å². The van der Waals surface area contributed by atoms with Crippen LogP contribution in [-0.2, 0) is 0 Å². The van der Waals surface area contributed by atoms with Gasteiger partial charge in [-0.2, -0.15) is 4.39 Å². The minimum absolute atomic E-state index is 0.450. The van der Waals surface area contributed by atoms with Gasteiger partial charge in [0, 0.05) is 0 Å². The molecule has 0 aliphatic carbocycles. The number of hydrogen-bond donors (Lipinski definition) is 0. The Morgan fingerprint density at radius 3 is 1.94 bits per heavy atom. The van der Waals surface area contributed by atoms with Crippen LogP contribution in [-0.4, -0.2) is 21.3 Å². The molecule has 0 amide bonds. The molecule has 0 spiro atoms. The molecule has 0 aliphatic heterocycles. The summed E-state index contributed by atoms with van der Waals surface area (Å²) in [4.78, 5) is 0. The van der Waals surface area contributed by atoms with Crippen molar-refractivity contribution in [2.45, 2.75) is 0 Å². The van der Waals surface area contributed by atoms with E-state index in [2.05, 4.69) is 0 Å². The zero-order chi connectivity index (χ0) is 12.1. The van der Waals surface area contributed by atoms with Crippen molar-refractivity contribution in [1.29, 1.82) is 0 Å². The van der Waals surface area contributed by atoms with E-state index in [1.807, 2.05) is 0 Å². The third kappa shape index (κ3) is 2.79. The van der Waals surface area contributed by atoms with Crippen LogP contribution in [0.1, 0.15) is 5.56 Å². The van der Waals surface area contributed by atoms with Gasteiger partial charge in [0.05, 0.1) is 21.3 Å². The van der Waals surface area contributed by atoms with E-state index < -0.39 is 5.29 Å². The lowest BCUT2D eigenvalue weighted by atomic mass is 10.2. The average Bonchev–Trinajstić information content (AvgIpc) is 2.26. The first kappa shape index (κ1) is 12.6. The van der Waals surface area contributed by atoms with E-state index in [0.29, 0.717) is 22.8 Å². The molecule has 0 fully saturated rings. The van der Waals surface area contributed by atoms with Crippen LogP contribution in [0.3, 0.4) is 0 Å². The summed E-state index contributed by atoms with van der Waals surface area (Å²) in [5.41, 5.74) is 0.530. The van der Waals surface area contributed by atoms with Crippen molar-refractivity contribution >= 4 is 17.7 Å². The lowest BCUT2D eigenvalue weighted by molar-refractivity contribution is 0.324. The molecule has 0 atom stereocenters. The zero-order valence-corrected chi connectivity index (χ0v) is 9.97. The van der Waals surface area contributed by atoms with Crippen LogP contribution in [0.15, 0.2) is 17.4 Å². The molecule has 0 unspecified atom stereocenters. The van der Waals surface area contributed by atoms with Gasteiger partial charge in [-0.05, 0) is 23.8 Å². The van der Waals surface area contributed by atoms with Crippen LogP contribution in [0.2, 0.25) is 0 Å². The predicted molar refractivity (Wildman–Crippen MR) is 61.0 cm³/mol. The highest BCUT2D eigenvalue weighted by Crippen LogP contribution is 2.38. The SMILES string of the molecule is COc1cc(C=C(F)Cl)cc(OC)c1OC. The normalized spacial score (nSPS) is 11.2. The van der Waals surface area contributed by atoms with Crippen molar-refractivity contribution in [3.8, 4) is 17.2 Å². The monoisotopic (exact) mass is 246 g/mol. The molecule has 5 heteroatoms. The summed E-state index contributed by atoms with van der Waals surface area (Å²) in [5, 5.41) is -0.811. The van der Waals surface area contributed by atoms with Gasteiger partial charge >= 0.3 is 0 Å². The maximum absolute atomic E-state index is 12.6. The highest BCUT2D eigenvalue weighted by molar-refractivity contribution is 6.30. The van der Waals surface area contributed by atoms with E-state index in [1.165, 1.54) is 21.3 Å². The molecule has 0 aliphatic rings. The summed E-state index contributed by atoms with van der Waals surface area (Å²) < 4.78 is 27.9. The van der Waals surface area contributed by atoms with Gasteiger partial charge in [-0.3, -0.25) is 0 Å². The van der Waals surface area contributed by atoms with Gasteiger partial charge in [0.25, 0.3) is 0 Å². The molecule has 0 N–H and O–H groups in total. The summed E-state index contributed by atoms with van der Waals surface area (Å²) in [5.74, 6) is 1.36. The third-order valence-electron chi connectivity index (χ3n) is 1.96. The maximum atomic E-state index is 12.6. The Morgan fingerprint density at radius 1 is 1.12 bits per heavy atom. The predicted octanol–water partition coefficient (Wildman–Crippen LogP) is 3.22. The molecular weight excluding hydrogens is 235 g/mol. The second-order valence-electron chi connectivity index (χ2n) is 2.89. The van der Waals surface area contributed by atoms with Gasteiger partial charge in [0.15, 0.2) is 16.8 Å². The van der Waals surface area contributed by atoms with Crippen molar-refractivity contribution in [3.05, 3.63) is 23.0 Å². The molecule has 1 aromatic carbocycles. The highest BCUT2D eigenvalue weighted by atomic mass is 35.5. The molecule has 0 aromatic heterocycles. The van der Waals surface area contributed by atoms with Crippen molar-refractivity contribution in [1.82, 2.24) is 0 Å². The molecule has 0 bridgehead atoms. The molecule has 3 nitrogen and oxygen atoms in total. The molecule has 0 saturated heterocycles. The summed E-state index contributed by atoms with van der Waals surface area (Å²) in [7, 11) is 4.47. The fourth-order valence-corrected chi connectivity index (χ4v) is 1.44. The molecule has 0 saturated carbocycles. The van der Waals surface area contributed by atoms with Gasteiger partial charge in [-0.15, -0.1) is 0 Å². The number of halogens is 2. The summed E-state index contributed by atoms with van der Waals surface area (Å²) in [6, 6.07) is 3.20. The molecular formula is C11H12ClFO3. The fourth-order valence-electron chi connectivity index (χ4n) is 1.31. The Labute approximate surface area is 98.4 Å². The first-order valence-corrected chi connectivity index (χ1v) is 4.83. The maximum Gasteiger partial charge on any atom is 0.203 e. The van der Waals surface area contributed by atoms with E-state index in [1.54, 1.807) is 12.1 Å². The van der Waals surface area contributed by atoms with Crippen LogP contribution in [0.5, 0.6) is 17.2 Å². The third-order valence-corrected chi connectivity index (χ3v) is 2.07. The minimum Gasteiger partial charge on any atom is -0.493 e. The van der Waals surface area contributed by atoms with E-state index in [9.17, 15) is 4.39 Å². The Hall–Kier alpha value is -1.42. The molecule has 1 aromatic rings.